The summed E-state index contributed by atoms with van der Waals surface area (Å²) in [4.78, 5) is 48.9. The van der Waals surface area contributed by atoms with E-state index < -0.39 is 0 Å². The molecule has 1 aromatic heterocycles. The number of rotatable bonds is 4. The average molecular weight is 425 g/mol. The van der Waals surface area contributed by atoms with Gasteiger partial charge in [-0.05, 0) is 43.4 Å². The molecule has 2 aliphatic heterocycles. The van der Waals surface area contributed by atoms with Crippen molar-refractivity contribution in [2.24, 2.45) is 0 Å². The number of piperidine rings is 1. The van der Waals surface area contributed by atoms with E-state index in [9.17, 15) is 14.4 Å². The Morgan fingerprint density at radius 1 is 1.19 bits per heavy atom. The topological polar surface area (TPSA) is 95.6 Å². The lowest BCUT2D eigenvalue weighted by molar-refractivity contribution is -0.134. The molecule has 8 nitrogen and oxygen atoms in total. The minimum absolute atomic E-state index is 0.0144. The second-order valence-electron chi connectivity index (χ2n) is 8.19. The predicted molar refractivity (Wildman–Crippen MR) is 115 cm³/mol. The number of amides is 2. The molecule has 2 aliphatic rings. The summed E-state index contributed by atoms with van der Waals surface area (Å²) >= 11 is 0. The predicted octanol–water partition coefficient (Wildman–Crippen LogP) is 1.98. The van der Waals surface area contributed by atoms with Crippen LogP contribution in [0.3, 0.4) is 0 Å². The number of H-pyrrole nitrogens is 1. The molecule has 0 radical (unpaired) electrons. The van der Waals surface area contributed by atoms with Gasteiger partial charge in [0.05, 0.1) is 31.8 Å². The fourth-order valence-electron chi connectivity index (χ4n) is 4.42. The van der Waals surface area contributed by atoms with Crippen LogP contribution >= 0.6 is 0 Å². The van der Waals surface area contributed by atoms with Gasteiger partial charge in [-0.3, -0.25) is 14.4 Å². The molecule has 1 N–H and O–H groups in total. The van der Waals surface area contributed by atoms with Crippen LogP contribution in [0.4, 0.5) is 0 Å². The number of likely N-dealkylation sites (tertiary alicyclic amines) is 1. The monoisotopic (exact) mass is 424 g/mol. The highest BCUT2D eigenvalue weighted by molar-refractivity contribution is 5.79. The molecule has 0 spiro atoms. The van der Waals surface area contributed by atoms with Gasteiger partial charge in [0, 0.05) is 25.6 Å². The molecule has 0 bridgehead atoms. The molecule has 2 amide bonds. The average Bonchev–Trinajstić information content (AvgIpc) is 2.79. The Labute approximate surface area is 181 Å². The first kappa shape index (κ1) is 21.1. The number of aromatic nitrogens is 2. The number of methoxy groups -OCH3 is 1. The molecule has 164 valence electrons. The molecule has 1 saturated heterocycles. The number of nitrogens with zero attached hydrogens (tertiary/aromatic N) is 3. The van der Waals surface area contributed by atoms with Gasteiger partial charge in [-0.25, -0.2) is 4.98 Å². The largest absolute Gasteiger partial charge is 0.497 e. The summed E-state index contributed by atoms with van der Waals surface area (Å²) in [5.41, 5.74) is 2.05. The number of hydrogen-bond acceptors (Lipinski definition) is 5. The minimum Gasteiger partial charge on any atom is -0.497 e. The lowest BCUT2D eigenvalue weighted by Gasteiger charge is -2.36. The molecule has 8 heteroatoms. The van der Waals surface area contributed by atoms with Crippen molar-refractivity contribution in [2.75, 3.05) is 20.2 Å². The Kier molecular flexibility index (Phi) is 6.06. The van der Waals surface area contributed by atoms with Crippen LogP contribution in [0.2, 0.25) is 0 Å². The van der Waals surface area contributed by atoms with Crippen LogP contribution in [0.5, 0.6) is 5.75 Å². The highest BCUT2D eigenvalue weighted by Gasteiger charge is 2.31. The van der Waals surface area contributed by atoms with Crippen molar-refractivity contribution in [3.8, 4) is 5.75 Å². The molecule has 3 heterocycles. The maximum Gasteiger partial charge on any atom is 0.254 e. The Balaban J connectivity index is 1.57. The summed E-state index contributed by atoms with van der Waals surface area (Å²) in [5.74, 6) is 1.27. The van der Waals surface area contributed by atoms with Gasteiger partial charge in [0.15, 0.2) is 0 Å². The van der Waals surface area contributed by atoms with Crippen molar-refractivity contribution in [3.63, 3.8) is 0 Å². The highest BCUT2D eigenvalue weighted by atomic mass is 16.5. The van der Waals surface area contributed by atoms with Crippen molar-refractivity contribution < 1.29 is 14.3 Å². The minimum atomic E-state index is -0.259. The molecular formula is C23H28N4O4. The molecule has 1 fully saturated rings. The second kappa shape index (κ2) is 8.91. The lowest BCUT2D eigenvalue weighted by Crippen LogP contribution is -2.42. The van der Waals surface area contributed by atoms with Gasteiger partial charge >= 0.3 is 0 Å². The van der Waals surface area contributed by atoms with Crippen molar-refractivity contribution in [3.05, 3.63) is 57.3 Å². The summed E-state index contributed by atoms with van der Waals surface area (Å²) in [5, 5.41) is 0. The zero-order valence-corrected chi connectivity index (χ0v) is 18.0. The van der Waals surface area contributed by atoms with E-state index in [1.54, 1.807) is 12.0 Å². The third-order valence-corrected chi connectivity index (χ3v) is 6.19. The van der Waals surface area contributed by atoms with Crippen LogP contribution < -0.4 is 10.3 Å². The Bertz CT molecular complexity index is 1030. The van der Waals surface area contributed by atoms with Crippen LogP contribution in [0.15, 0.2) is 29.1 Å². The zero-order chi connectivity index (χ0) is 22.0. The maximum absolute atomic E-state index is 13.1. The molecule has 0 aliphatic carbocycles. The van der Waals surface area contributed by atoms with E-state index in [1.807, 2.05) is 29.2 Å². The number of aromatic amines is 1. The molecule has 4 rings (SSSR count). The van der Waals surface area contributed by atoms with Gasteiger partial charge < -0.3 is 19.5 Å². The molecule has 1 aromatic carbocycles. The lowest BCUT2D eigenvalue weighted by atomic mass is 9.99. The number of benzene rings is 1. The van der Waals surface area contributed by atoms with Crippen molar-refractivity contribution >= 4 is 11.8 Å². The summed E-state index contributed by atoms with van der Waals surface area (Å²) in [6.45, 7) is 3.04. The van der Waals surface area contributed by atoms with Crippen LogP contribution in [-0.2, 0) is 29.0 Å². The normalized spacial score (nSPS) is 18.5. The third kappa shape index (κ3) is 4.47. The quantitative estimate of drug-likeness (QED) is 0.810. The molecule has 2 aromatic rings. The molecule has 0 saturated carbocycles. The standard InChI is InChI=1S/C23H28N4O4/c1-15(28)26-12-10-18-19(14-26)24-22(25-23(18)30)20-5-3-4-11-27(20)21(29)13-16-6-8-17(31-2)9-7-16/h6-9,20H,3-5,10-14H2,1-2H3,(H,24,25,30)/t20-/m0/s1. The summed E-state index contributed by atoms with van der Waals surface area (Å²) < 4.78 is 5.18. The van der Waals surface area contributed by atoms with Gasteiger partial charge in [-0.2, -0.15) is 0 Å². The van der Waals surface area contributed by atoms with Gasteiger partial charge in [-0.15, -0.1) is 0 Å². The number of hydrogen-bond donors (Lipinski definition) is 1. The number of ether oxygens (including phenoxy) is 1. The summed E-state index contributed by atoms with van der Waals surface area (Å²) in [6.07, 6.45) is 3.44. The van der Waals surface area contributed by atoms with E-state index in [-0.39, 0.29) is 29.8 Å². The van der Waals surface area contributed by atoms with E-state index in [2.05, 4.69) is 4.98 Å². The second-order valence-corrected chi connectivity index (χ2v) is 8.19. The van der Waals surface area contributed by atoms with Gasteiger partial charge in [0.2, 0.25) is 11.8 Å². The Morgan fingerprint density at radius 3 is 2.68 bits per heavy atom. The highest BCUT2D eigenvalue weighted by Crippen LogP contribution is 2.30. The van der Waals surface area contributed by atoms with Crippen LogP contribution in [-0.4, -0.2) is 51.8 Å². The number of nitrogens with one attached hydrogen (secondary N) is 1. The van der Waals surface area contributed by atoms with Gasteiger partial charge in [-0.1, -0.05) is 12.1 Å². The molecule has 0 unspecified atom stereocenters. The number of carbonyl (C=O) groups is 2. The smallest absolute Gasteiger partial charge is 0.254 e. The third-order valence-electron chi connectivity index (χ3n) is 6.19. The van der Waals surface area contributed by atoms with Gasteiger partial charge in [0.25, 0.3) is 5.56 Å². The van der Waals surface area contributed by atoms with Crippen LogP contribution in [0, 0.1) is 0 Å². The van der Waals surface area contributed by atoms with E-state index in [0.717, 1.165) is 30.6 Å². The SMILES string of the molecule is COc1ccc(CC(=O)N2CCCC[C@H]2c2nc3c(c(=O)[nH]2)CCN(C(C)=O)C3)cc1. The van der Waals surface area contributed by atoms with Crippen molar-refractivity contribution in [1.29, 1.82) is 0 Å². The van der Waals surface area contributed by atoms with Crippen LogP contribution in [0.25, 0.3) is 0 Å². The first-order chi connectivity index (χ1) is 15.0. The fourth-order valence-corrected chi connectivity index (χ4v) is 4.42. The molecule has 31 heavy (non-hydrogen) atoms. The van der Waals surface area contributed by atoms with E-state index in [1.165, 1.54) is 6.92 Å². The number of fused-ring (bicyclic) bond motifs is 1. The fraction of sp³-hybridized carbons (Fsp3) is 0.478. The zero-order valence-electron chi connectivity index (χ0n) is 18.0. The maximum atomic E-state index is 13.1. The van der Waals surface area contributed by atoms with E-state index in [0.29, 0.717) is 43.1 Å². The van der Waals surface area contributed by atoms with Crippen molar-refractivity contribution in [2.45, 2.75) is 51.6 Å². The number of carbonyl (C=O) groups excluding carboxylic acids is 2. The van der Waals surface area contributed by atoms with Gasteiger partial charge in [0.1, 0.15) is 11.6 Å². The van der Waals surface area contributed by atoms with E-state index in [4.69, 9.17) is 9.72 Å². The molecular weight excluding hydrogens is 396 g/mol. The van der Waals surface area contributed by atoms with Crippen molar-refractivity contribution in [1.82, 2.24) is 19.8 Å². The molecule has 1 atom stereocenters. The Morgan fingerprint density at radius 2 is 1.97 bits per heavy atom. The first-order valence-electron chi connectivity index (χ1n) is 10.8. The summed E-state index contributed by atoms with van der Waals surface area (Å²) in [7, 11) is 1.61. The Hall–Kier alpha value is -3.16. The summed E-state index contributed by atoms with van der Waals surface area (Å²) in [6, 6.07) is 7.22. The van der Waals surface area contributed by atoms with Crippen LogP contribution in [0.1, 0.15) is 54.9 Å². The van der Waals surface area contributed by atoms with E-state index >= 15 is 0 Å². The first-order valence-corrected chi connectivity index (χ1v) is 10.8.